The van der Waals surface area contributed by atoms with Crippen LogP contribution in [0.4, 0.5) is 4.39 Å². The number of aliphatic hydroxyl groups is 1. The molecule has 4 aliphatic rings. The molecule has 4 aliphatic carbocycles. The van der Waals surface area contributed by atoms with Crippen molar-refractivity contribution in [2.24, 2.45) is 34.5 Å². The average molecular weight is 383 g/mol. The van der Waals surface area contributed by atoms with Gasteiger partial charge in [0.25, 0.3) is 0 Å². The van der Waals surface area contributed by atoms with Crippen molar-refractivity contribution in [3.63, 3.8) is 0 Å². The molecular formula is C26H35FO. The monoisotopic (exact) mass is 382 g/mol. The molecule has 0 aliphatic heterocycles. The van der Waals surface area contributed by atoms with Crippen molar-refractivity contribution < 1.29 is 9.50 Å². The molecule has 1 aromatic rings. The summed E-state index contributed by atoms with van der Waals surface area (Å²) >= 11 is 0. The largest absolute Gasteiger partial charge is 0.388 e. The van der Waals surface area contributed by atoms with Crippen molar-refractivity contribution >= 4 is 6.08 Å². The normalized spacial score (nSPS) is 46.7. The van der Waals surface area contributed by atoms with Crippen LogP contribution in [0.3, 0.4) is 0 Å². The van der Waals surface area contributed by atoms with Gasteiger partial charge in [0.15, 0.2) is 0 Å². The molecule has 0 saturated heterocycles. The van der Waals surface area contributed by atoms with Crippen LogP contribution in [0, 0.1) is 40.3 Å². The van der Waals surface area contributed by atoms with E-state index in [0.717, 1.165) is 36.2 Å². The Balaban J connectivity index is 1.45. The van der Waals surface area contributed by atoms with Crippen LogP contribution in [-0.4, -0.2) is 11.2 Å². The summed E-state index contributed by atoms with van der Waals surface area (Å²) in [4.78, 5) is 0. The molecule has 0 amide bonds. The Hall–Kier alpha value is -1.15. The Bertz CT molecular complexity index is 767. The van der Waals surface area contributed by atoms with Crippen LogP contribution in [0.15, 0.2) is 29.8 Å². The Morgan fingerprint density at radius 1 is 0.929 bits per heavy atom. The maximum atomic E-state index is 13.3. The molecule has 0 heterocycles. The van der Waals surface area contributed by atoms with Crippen molar-refractivity contribution in [2.75, 3.05) is 0 Å². The van der Waals surface area contributed by atoms with Crippen molar-refractivity contribution in [2.45, 2.75) is 77.7 Å². The summed E-state index contributed by atoms with van der Waals surface area (Å²) < 4.78 is 13.3. The summed E-state index contributed by atoms with van der Waals surface area (Å²) in [7, 11) is 0. The van der Waals surface area contributed by atoms with Crippen molar-refractivity contribution in [1.82, 2.24) is 0 Å². The minimum absolute atomic E-state index is 0.0187. The molecule has 4 fully saturated rings. The van der Waals surface area contributed by atoms with E-state index < -0.39 is 0 Å². The van der Waals surface area contributed by atoms with E-state index in [4.69, 9.17) is 0 Å². The molecule has 0 bridgehead atoms. The number of fused-ring (bicyclic) bond motifs is 5. The molecule has 0 unspecified atom stereocenters. The lowest BCUT2D eigenvalue weighted by atomic mass is 9.45. The summed E-state index contributed by atoms with van der Waals surface area (Å²) in [5, 5.41) is 11.3. The maximum absolute atomic E-state index is 13.3. The van der Waals surface area contributed by atoms with Gasteiger partial charge in [-0.2, -0.15) is 0 Å². The van der Waals surface area contributed by atoms with Crippen LogP contribution in [0.1, 0.15) is 77.2 Å². The van der Waals surface area contributed by atoms with Crippen LogP contribution < -0.4 is 0 Å². The Morgan fingerprint density at radius 2 is 1.71 bits per heavy atom. The molecule has 0 radical (unpaired) electrons. The zero-order valence-electron chi connectivity index (χ0n) is 17.5. The highest BCUT2D eigenvalue weighted by Crippen LogP contribution is 2.67. The highest BCUT2D eigenvalue weighted by Gasteiger charge is 2.60. The molecule has 7 atom stereocenters. The maximum Gasteiger partial charge on any atom is 0.123 e. The second-order valence-electron chi connectivity index (χ2n) is 10.8. The number of rotatable bonds is 1. The lowest BCUT2D eigenvalue weighted by molar-refractivity contribution is -0.119. The summed E-state index contributed by atoms with van der Waals surface area (Å²) in [5.74, 6) is 2.96. The fraction of sp³-hybridized carbons (Fsp3) is 0.692. The van der Waals surface area contributed by atoms with Crippen LogP contribution >= 0.6 is 0 Å². The topological polar surface area (TPSA) is 20.2 Å². The third-order valence-electron chi connectivity index (χ3n) is 9.67. The second-order valence-corrected chi connectivity index (χ2v) is 10.8. The van der Waals surface area contributed by atoms with E-state index in [1.807, 2.05) is 12.1 Å². The molecule has 28 heavy (non-hydrogen) atoms. The fourth-order valence-corrected chi connectivity index (χ4v) is 8.07. The molecule has 4 saturated carbocycles. The second kappa shape index (κ2) is 6.69. The molecule has 5 rings (SSSR count). The van der Waals surface area contributed by atoms with Gasteiger partial charge in [-0.3, -0.25) is 0 Å². The molecule has 1 N–H and O–H groups in total. The SMILES string of the molecule is C[C@]12CCCC[C@H]1CC[C@@H]1[C@@H]2CC[C@]2(C)[C@H](O)/C(=C/c3ccc(F)cc3)C[C@@H]12. The summed E-state index contributed by atoms with van der Waals surface area (Å²) in [6.45, 7) is 4.95. The number of hydrogen-bond donors (Lipinski definition) is 1. The lowest BCUT2D eigenvalue weighted by Crippen LogP contribution is -2.53. The summed E-state index contributed by atoms with van der Waals surface area (Å²) in [5.41, 5.74) is 2.75. The smallest absolute Gasteiger partial charge is 0.123 e. The van der Waals surface area contributed by atoms with Crippen LogP contribution in [0.2, 0.25) is 0 Å². The first-order valence-corrected chi connectivity index (χ1v) is 11.6. The predicted octanol–water partition coefficient (Wildman–Crippen LogP) is 6.61. The number of benzene rings is 1. The molecule has 1 nitrogen and oxygen atoms in total. The first-order chi connectivity index (χ1) is 13.4. The van der Waals surface area contributed by atoms with Gasteiger partial charge in [-0.1, -0.05) is 44.9 Å². The van der Waals surface area contributed by atoms with E-state index in [9.17, 15) is 9.50 Å². The minimum atomic E-state index is -0.347. The predicted molar refractivity (Wildman–Crippen MR) is 112 cm³/mol. The summed E-state index contributed by atoms with van der Waals surface area (Å²) in [6.07, 6.45) is 13.7. The van der Waals surface area contributed by atoms with Gasteiger partial charge in [0.2, 0.25) is 0 Å². The third kappa shape index (κ3) is 2.74. The van der Waals surface area contributed by atoms with E-state index in [0.29, 0.717) is 11.3 Å². The molecule has 2 heteroatoms. The first-order valence-electron chi connectivity index (χ1n) is 11.6. The van der Waals surface area contributed by atoms with Crippen LogP contribution in [0.25, 0.3) is 6.08 Å². The lowest BCUT2D eigenvalue weighted by Gasteiger charge is -2.60. The standard InChI is InChI=1S/C26H35FO/c1-25-13-4-3-5-19(25)8-11-21-22(25)12-14-26(2)23(21)16-18(24(26)28)15-17-6-9-20(27)10-7-17/h6-7,9-10,15,19,21-24,28H,3-5,8,11-14,16H2,1-2H3/b18-15+/t19-,21+,22-,23-,24+,25-,26-/m0/s1. The molecule has 1 aromatic carbocycles. The van der Waals surface area contributed by atoms with Crippen molar-refractivity contribution in [3.05, 3.63) is 41.2 Å². The zero-order chi connectivity index (χ0) is 19.5. The Kier molecular flexibility index (Phi) is 4.50. The zero-order valence-corrected chi connectivity index (χ0v) is 17.5. The van der Waals surface area contributed by atoms with Gasteiger partial charge in [0.05, 0.1) is 6.10 Å². The third-order valence-corrected chi connectivity index (χ3v) is 9.67. The average Bonchev–Trinajstić information content (AvgIpc) is 2.94. The fourth-order valence-electron chi connectivity index (χ4n) is 8.07. The van der Waals surface area contributed by atoms with E-state index in [2.05, 4.69) is 19.9 Å². The Labute approximate surface area is 169 Å². The molecule has 152 valence electrons. The van der Waals surface area contributed by atoms with Gasteiger partial charge < -0.3 is 5.11 Å². The van der Waals surface area contributed by atoms with Gasteiger partial charge in [-0.25, -0.2) is 4.39 Å². The van der Waals surface area contributed by atoms with Gasteiger partial charge in [0, 0.05) is 5.41 Å². The molecular weight excluding hydrogens is 347 g/mol. The van der Waals surface area contributed by atoms with Crippen LogP contribution in [0.5, 0.6) is 0 Å². The van der Waals surface area contributed by atoms with Crippen LogP contribution in [-0.2, 0) is 0 Å². The highest BCUT2D eigenvalue weighted by atomic mass is 19.1. The van der Waals surface area contributed by atoms with Gasteiger partial charge >= 0.3 is 0 Å². The van der Waals surface area contributed by atoms with E-state index in [1.54, 1.807) is 0 Å². The first kappa shape index (κ1) is 18.9. The van der Waals surface area contributed by atoms with Crippen molar-refractivity contribution in [3.8, 4) is 0 Å². The minimum Gasteiger partial charge on any atom is -0.388 e. The van der Waals surface area contributed by atoms with Crippen molar-refractivity contribution in [1.29, 1.82) is 0 Å². The number of aliphatic hydroxyl groups excluding tert-OH is 1. The van der Waals surface area contributed by atoms with Gasteiger partial charge in [0.1, 0.15) is 5.82 Å². The van der Waals surface area contributed by atoms with Gasteiger partial charge in [-0.05, 0) is 97.3 Å². The molecule has 0 spiro atoms. The number of halogens is 1. The number of hydrogen-bond acceptors (Lipinski definition) is 1. The summed E-state index contributed by atoms with van der Waals surface area (Å²) in [6, 6.07) is 6.69. The van der Waals surface area contributed by atoms with Gasteiger partial charge in [-0.15, -0.1) is 0 Å². The van der Waals surface area contributed by atoms with E-state index >= 15 is 0 Å². The Morgan fingerprint density at radius 3 is 2.50 bits per heavy atom. The highest BCUT2D eigenvalue weighted by molar-refractivity contribution is 5.55. The molecule has 0 aromatic heterocycles. The van der Waals surface area contributed by atoms with E-state index in [-0.39, 0.29) is 17.3 Å². The quantitative estimate of drug-likeness (QED) is 0.579. The van der Waals surface area contributed by atoms with E-state index in [1.165, 1.54) is 62.7 Å².